The summed E-state index contributed by atoms with van der Waals surface area (Å²) in [7, 11) is 5.82. The Morgan fingerprint density at radius 3 is 2.31 bits per heavy atom. The number of quaternary nitrogens is 1. The van der Waals surface area contributed by atoms with Crippen molar-refractivity contribution in [2.75, 3.05) is 34.3 Å². The van der Waals surface area contributed by atoms with Gasteiger partial charge in [0, 0.05) is 5.57 Å². The lowest BCUT2D eigenvalue weighted by atomic mass is 10.4. The van der Waals surface area contributed by atoms with Gasteiger partial charge in [-0.05, 0) is 6.92 Å². The molecule has 1 unspecified atom stereocenters. The molecule has 0 aromatic carbocycles. The Bertz CT molecular complexity index is 213. The van der Waals surface area contributed by atoms with Crippen molar-refractivity contribution in [3.05, 3.63) is 12.2 Å². The van der Waals surface area contributed by atoms with E-state index in [1.54, 1.807) is 6.92 Å². The summed E-state index contributed by atoms with van der Waals surface area (Å²) in [4.78, 5) is 11.0. The van der Waals surface area contributed by atoms with E-state index >= 15 is 0 Å². The number of likely N-dealkylation sites (N-methyl/N-ethyl adjacent to an activating group) is 1. The Balaban J connectivity index is 0. The van der Waals surface area contributed by atoms with Crippen molar-refractivity contribution >= 4 is 5.97 Å². The highest BCUT2D eigenvalue weighted by molar-refractivity contribution is 5.86. The fourth-order valence-corrected chi connectivity index (χ4v) is 0.437. The SMILES string of the molecule is [2H]C(C[N+](C)(C)C)OC(=O)C(=C)C.[Cl-]. The second kappa shape index (κ2) is 6.00. The van der Waals surface area contributed by atoms with Crippen molar-refractivity contribution in [3.8, 4) is 0 Å². The molecule has 0 amide bonds. The maximum absolute atomic E-state index is 11.0. The first-order valence-electron chi connectivity index (χ1n) is 4.39. The Labute approximate surface area is 87.8 Å². The molecule has 0 fully saturated rings. The molecule has 3 nitrogen and oxygen atoms in total. The fraction of sp³-hybridized carbons (Fsp3) is 0.667. The molecule has 0 heterocycles. The zero-order valence-electron chi connectivity index (χ0n) is 9.63. The van der Waals surface area contributed by atoms with Gasteiger partial charge in [0.2, 0.25) is 0 Å². The van der Waals surface area contributed by atoms with Gasteiger partial charge in [0.1, 0.15) is 13.1 Å². The number of hydrogen-bond donors (Lipinski definition) is 0. The molecule has 0 bridgehead atoms. The number of carbonyl (C=O) groups excluding carboxylic acids is 1. The second-order valence-corrected chi connectivity index (χ2v) is 3.83. The molecular formula is C9H18ClNO2. The van der Waals surface area contributed by atoms with Gasteiger partial charge in [0.25, 0.3) is 0 Å². The first-order valence-corrected chi connectivity index (χ1v) is 3.81. The van der Waals surface area contributed by atoms with Crippen LogP contribution in [-0.2, 0) is 9.53 Å². The third-order valence-corrected chi connectivity index (χ3v) is 1.16. The monoisotopic (exact) mass is 208 g/mol. The largest absolute Gasteiger partial charge is 1.00 e. The smallest absolute Gasteiger partial charge is 0.333 e. The number of hydrogen-bond acceptors (Lipinski definition) is 2. The Morgan fingerprint density at radius 2 is 2.00 bits per heavy atom. The van der Waals surface area contributed by atoms with Gasteiger partial charge < -0.3 is 21.6 Å². The molecule has 0 N–H and O–H groups in total. The molecule has 13 heavy (non-hydrogen) atoms. The van der Waals surface area contributed by atoms with Crippen LogP contribution in [0.5, 0.6) is 0 Å². The summed E-state index contributed by atoms with van der Waals surface area (Å²) < 4.78 is 12.8. The van der Waals surface area contributed by atoms with E-state index in [4.69, 9.17) is 6.11 Å². The van der Waals surface area contributed by atoms with Gasteiger partial charge in [-0.25, -0.2) is 4.79 Å². The average molecular weight is 209 g/mol. The van der Waals surface area contributed by atoms with E-state index in [2.05, 4.69) is 6.58 Å². The first-order chi connectivity index (χ1) is 5.72. The molecule has 0 aliphatic rings. The van der Waals surface area contributed by atoms with E-state index in [9.17, 15) is 4.79 Å². The number of ether oxygens (including phenoxy) is 1. The van der Waals surface area contributed by atoms with E-state index in [0.29, 0.717) is 16.6 Å². The summed E-state index contributed by atoms with van der Waals surface area (Å²) in [5.74, 6) is -0.492. The Kier molecular flexibility index (Phi) is 5.75. The van der Waals surface area contributed by atoms with Crippen molar-refractivity contribution in [3.63, 3.8) is 0 Å². The van der Waals surface area contributed by atoms with Crippen LogP contribution in [0.2, 0.25) is 0 Å². The van der Waals surface area contributed by atoms with Crippen molar-refractivity contribution in [2.24, 2.45) is 0 Å². The van der Waals surface area contributed by atoms with E-state index in [1.165, 1.54) is 0 Å². The van der Waals surface area contributed by atoms with Crippen LogP contribution in [0.15, 0.2) is 12.2 Å². The molecule has 0 aromatic heterocycles. The topological polar surface area (TPSA) is 26.3 Å². The molecule has 0 aromatic rings. The maximum atomic E-state index is 11.0. The van der Waals surface area contributed by atoms with Crippen molar-refractivity contribution in [1.82, 2.24) is 0 Å². The van der Waals surface area contributed by atoms with Gasteiger partial charge in [0.05, 0.1) is 22.5 Å². The van der Waals surface area contributed by atoms with Crippen LogP contribution in [0.25, 0.3) is 0 Å². The predicted octanol–water partition coefficient (Wildman–Crippen LogP) is -2.18. The summed E-state index contributed by atoms with van der Waals surface area (Å²) in [6.45, 7) is 4.67. The van der Waals surface area contributed by atoms with Gasteiger partial charge in [-0.15, -0.1) is 0 Å². The van der Waals surface area contributed by atoms with Crippen molar-refractivity contribution < 1.29 is 27.8 Å². The van der Waals surface area contributed by atoms with Gasteiger partial charge >= 0.3 is 5.97 Å². The minimum Gasteiger partial charge on any atom is -1.00 e. The van der Waals surface area contributed by atoms with E-state index in [-0.39, 0.29) is 12.4 Å². The molecule has 0 aliphatic heterocycles. The van der Waals surface area contributed by atoms with Gasteiger partial charge in [-0.2, -0.15) is 0 Å². The third-order valence-electron chi connectivity index (χ3n) is 1.16. The fourth-order valence-electron chi connectivity index (χ4n) is 0.437. The molecule has 0 spiro atoms. The number of rotatable bonds is 4. The number of esters is 1. The summed E-state index contributed by atoms with van der Waals surface area (Å²) in [5, 5.41) is 0. The van der Waals surface area contributed by atoms with Crippen LogP contribution in [0.3, 0.4) is 0 Å². The molecule has 4 heteroatoms. The highest BCUT2D eigenvalue weighted by Crippen LogP contribution is 1.94. The van der Waals surface area contributed by atoms with Gasteiger partial charge in [-0.1, -0.05) is 6.58 Å². The number of halogens is 1. The van der Waals surface area contributed by atoms with E-state index in [0.717, 1.165) is 0 Å². The van der Waals surface area contributed by atoms with E-state index in [1.807, 2.05) is 21.1 Å². The summed E-state index contributed by atoms with van der Waals surface area (Å²) in [6, 6.07) is 0. The summed E-state index contributed by atoms with van der Waals surface area (Å²) in [6.07, 6.45) is 0. The quantitative estimate of drug-likeness (QED) is 0.298. The van der Waals surface area contributed by atoms with Crippen LogP contribution < -0.4 is 12.4 Å². The Hall–Kier alpha value is -0.540. The third kappa shape index (κ3) is 9.37. The summed E-state index contributed by atoms with van der Waals surface area (Å²) >= 11 is 0. The lowest BCUT2D eigenvalue weighted by molar-refractivity contribution is -0.870. The Morgan fingerprint density at radius 1 is 1.54 bits per heavy atom. The molecule has 0 aliphatic carbocycles. The normalized spacial score (nSPS) is 13.7. The molecule has 0 saturated carbocycles. The van der Waals surface area contributed by atoms with Crippen LogP contribution in [0.4, 0.5) is 0 Å². The first kappa shape index (κ1) is 12.5. The van der Waals surface area contributed by atoms with Crippen molar-refractivity contribution in [2.45, 2.75) is 6.92 Å². The van der Waals surface area contributed by atoms with Crippen LogP contribution in [-0.4, -0.2) is 44.7 Å². The van der Waals surface area contributed by atoms with Crippen LogP contribution >= 0.6 is 0 Å². The molecule has 1 atom stereocenters. The lowest BCUT2D eigenvalue weighted by Crippen LogP contribution is -3.00. The van der Waals surface area contributed by atoms with Crippen LogP contribution in [0.1, 0.15) is 8.29 Å². The molecule has 78 valence electrons. The van der Waals surface area contributed by atoms with Crippen molar-refractivity contribution in [1.29, 1.82) is 0 Å². The lowest BCUT2D eigenvalue weighted by Gasteiger charge is -2.23. The average Bonchev–Trinajstić information content (AvgIpc) is 1.81. The standard InChI is InChI=1S/C9H18NO2.ClH/c1-8(2)9(11)12-7-6-10(3,4)5;/h1,6-7H2,2-5H3;1H/q+1;/p-1/i7D;. The highest BCUT2D eigenvalue weighted by atomic mass is 35.5. The highest BCUT2D eigenvalue weighted by Gasteiger charge is 2.09. The summed E-state index contributed by atoms with van der Waals surface area (Å²) in [5.41, 5.74) is 0.332. The molecule has 0 radical (unpaired) electrons. The zero-order chi connectivity index (χ0) is 10.6. The number of carbonyl (C=O) groups is 1. The van der Waals surface area contributed by atoms with Gasteiger partial charge in [-0.3, -0.25) is 0 Å². The van der Waals surface area contributed by atoms with Crippen LogP contribution in [0, 0.1) is 0 Å². The molecular weight excluding hydrogens is 190 g/mol. The second-order valence-electron chi connectivity index (χ2n) is 3.83. The van der Waals surface area contributed by atoms with E-state index < -0.39 is 12.6 Å². The minimum atomic E-state index is -0.816. The molecule has 0 rings (SSSR count). The minimum absolute atomic E-state index is 0. The molecule has 0 saturated heterocycles. The predicted molar refractivity (Wildman–Crippen MR) is 48.7 cm³/mol. The number of nitrogens with zero attached hydrogens (tertiary/aromatic N) is 1. The van der Waals surface area contributed by atoms with Gasteiger partial charge in [0.15, 0.2) is 0 Å². The zero-order valence-corrected chi connectivity index (χ0v) is 9.39. The maximum Gasteiger partial charge on any atom is 0.333 e.